The first-order valence-electron chi connectivity index (χ1n) is 10.7. The summed E-state index contributed by atoms with van der Waals surface area (Å²) in [7, 11) is 0. The molecule has 1 aromatic rings. The Balaban J connectivity index is 1.36. The van der Waals surface area contributed by atoms with E-state index in [4.69, 9.17) is 21.1 Å². The average Bonchev–Trinajstić information content (AvgIpc) is 3.23. The fourth-order valence-corrected chi connectivity index (χ4v) is 4.68. The van der Waals surface area contributed by atoms with Crippen LogP contribution in [0.4, 0.5) is 0 Å². The van der Waals surface area contributed by atoms with Gasteiger partial charge in [-0.1, -0.05) is 11.6 Å². The van der Waals surface area contributed by atoms with E-state index in [1.165, 1.54) is 12.8 Å². The van der Waals surface area contributed by atoms with E-state index in [9.17, 15) is 4.79 Å². The van der Waals surface area contributed by atoms with Crippen molar-refractivity contribution in [2.75, 3.05) is 45.9 Å². The van der Waals surface area contributed by atoms with Crippen LogP contribution in [0.15, 0.2) is 18.2 Å². The van der Waals surface area contributed by atoms with Gasteiger partial charge in [-0.3, -0.25) is 4.79 Å². The molecule has 1 aromatic carbocycles. The summed E-state index contributed by atoms with van der Waals surface area (Å²) in [6.07, 6.45) is 6.66. The molecule has 0 aliphatic carbocycles. The number of likely N-dealkylation sites (tertiary alicyclic amines) is 2. The molecule has 1 atom stereocenters. The van der Waals surface area contributed by atoms with E-state index < -0.39 is 0 Å². The highest BCUT2D eigenvalue weighted by molar-refractivity contribution is 6.30. The Hall–Kier alpha value is -1.30. The van der Waals surface area contributed by atoms with Crippen LogP contribution in [0.2, 0.25) is 5.02 Å². The molecule has 3 aliphatic heterocycles. The predicted octanol–water partition coefficient (Wildman–Crippen LogP) is 3.85. The zero-order valence-electron chi connectivity index (χ0n) is 16.6. The topological polar surface area (TPSA) is 42.0 Å². The number of piperidine rings is 2. The Morgan fingerprint density at radius 2 is 1.89 bits per heavy atom. The van der Waals surface area contributed by atoms with Gasteiger partial charge in [0.2, 0.25) is 0 Å². The molecule has 5 nitrogen and oxygen atoms in total. The lowest BCUT2D eigenvalue weighted by molar-refractivity contribution is 0.0697. The Morgan fingerprint density at radius 1 is 1.11 bits per heavy atom. The summed E-state index contributed by atoms with van der Waals surface area (Å²) < 4.78 is 11.8. The molecule has 1 unspecified atom stereocenters. The van der Waals surface area contributed by atoms with E-state index in [2.05, 4.69) is 4.90 Å². The van der Waals surface area contributed by atoms with Crippen molar-refractivity contribution in [1.29, 1.82) is 0 Å². The smallest absolute Gasteiger partial charge is 0.257 e. The van der Waals surface area contributed by atoms with Crippen LogP contribution >= 0.6 is 11.6 Å². The summed E-state index contributed by atoms with van der Waals surface area (Å²) in [6, 6.07) is 5.42. The first-order valence-corrected chi connectivity index (χ1v) is 11.1. The minimum absolute atomic E-state index is 0.0741. The van der Waals surface area contributed by atoms with Gasteiger partial charge in [0.05, 0.1) is 12.2 Å². The quantitative estimate of drug-likeness (QED) is 0.744. The molecule has 154 valence electrons. The number of rotatable bonds is 5. The van der Waals surface area contributed by atoms with Crippen LogP contribution < -0.4 is 4.74 Å². The molecule has 0 saturated carbocycles. The summed E-state index contributed by atoms with van der Waals surface area (Å²) in [5, 5.41) is 0.615. The SMILES string of the molecule is O=C(c1ccc(Cl)cc1OC1CCN(CC2CCOC2)CC1)N1CCCCC1. The minimum Gasteiger partial charge on any atom is -0.489 e. The maximum absolute atomic E-state index is 13.0. The Labute approximate surface area is 172 Å². The Bertz CT molecular complexity index is 664. The van der Waals surface area contributed by atoms with Gasteiger partial charge in [-0.2, -0.15) is 0 Å². The second-order valence-corrected chi connectivity index (χ2v) is 8.78. The summed E-state index contributed by atoms with van der Waals surface area (Å²) in [5.74, 6) is 1.40. The first-order chi connectivity index (χ1) is 13.7. The molecule has 3 heterocycles. The van der Waals surface area contributed by atoms with Crippen LogP contribution in [0.3, 0.4) is 0 Å². The molecule has 3 saturated heterocycles. The van der Waals surface area contributed by atoms with Gasteiger partial charge in [0.25, 0.3) is 5.91 Å². The molecule has 3 fully saturated rings. The molecule has 3 aliphatic rings. The van der Waals surface area contributed by atoms with Crippen molar-refractivity contribution in [2.45, 2.75) is 44.6 Å². The normalized spacial score (nSPS) is 24.5. The number of amides is 1. The lowest BCUT2D eigenvalue weighted by Gasteiger charge is -2.34. The van der Waals surface area contributed by atoms with Crippen LogP contribution in [0.25, 0.3) is 0 Å². The Morgan fingerprint density at radius 3 is 2.61 bits per heavy atom. The number of carbonyl (C=O) groups excluding carboxylic acids is 1. The van der Waals surface area contributed by atoms with Gasteiger partial charge in [0.15, 0.2) is 0 Å². The summed E-state index contributed by atoms with van der Waals surface area (Å²) in [6.45, 7) is 6.69. The highest BCUT2D eigenvalue weighted by Gasteiger charge is 2.27. The van der Waals surface area contributed by atoms with E-state index in [0.717, 1.165) is 71.6 Å². The van der Waals surface area contributed by atoms with Crippen molar-refractivity contribution in [3.05, 3.63) is 28.8 Å². The molecule has 0 aromatic heterocycles. The maximum atomic E-state index is 13.0. The standard InChI is InChI=1S/C22H31ClN2O3/c23-18-4-5-20(22(26)25-9-2-1-3-10-25)21(14-18)28-19-6-11-24(12-7-19)15-17-8-13-27-16-17/h4-5,14,17,19H,1-3,6-13,15-16H2. The number of hydrogen-bond donors (Lipinski definition) is 0. The van der Waals surface area contributed by atoms with Gasteiger partial charge in [-0.25, -0.2) is 0 Å². The largest absolute Gasteiger partial charge is 0.489 e. The number of ether oxygens (including phenoxy) is 2. The van der Waals surface area contributed by atoms with E-state index in [-0.39, 0.29) is 12.0 Å². The van der Waals surface area contributed by atoms with Gasteiger partial charge in [-0.05, 0) is 62.6 Å². The highest BCUT2D eigenvalue weighted by atomic mass is 35.5. The van der Waals surface area contributed by atoms with Crippen molar-refractivity contribution in [2.24, 2.45) is 5.92 Å². The van der Waals surface area contributed by atoms with E-state index in [1.54, 1.807) is 12.1 Å². The molecule has 0 spiro atoms. The zero-order chi connectivity index (χ0) is 19.3. The van der Waals surface area contributed by atoms with Crippen molar-refractivity contribution >= 4 is 17.5 Å². The van der Waals surface area contributed by atoms with E-state index >= 15 is 0 Å². The second-order valence-electron chi connectivity index (χ2n) is 8.34. The van der Waals surface area contributed by atoms with Crippen LogP contribution in [-0.2, 0) is 4.74 Å². The van der Waals surface area contributed by atoms with Gasteiger partial charge in [-0.15, -0.1) is 0 Å². The molecule has 0 bridgehead atoms. The Kier molecular flexibility index (Phi) is 6.76. The van der Waals surface area contributed by atoms with Crippen molar-refractivity contribution in [3.63, 3.8) is 0 Å². The van der Waals surface area contributed by atoms with Crippen LogP contribution in [0.5, 0.6) is 5.75 Å². The van der Waals surface area contributed by atoms with Crippen molar-refractivity contribution in [1.82, 2.24) is 9.80 Å². The third-order valence-corrected chi connectivity index (χ3v) is 6.42. The number of hydrogen-bond acceptors (Lipinski definition) is 4. The van der Waals surface area contributed by atoms with Crippen LogP contribution in [0, 0.1) is 5.92 Å². The number of carbonyl (C=O) groups is 1. The lowest BCUT2D eigenvalue weighted by atomic mass is 10.0. The second kappa shape index (κ2) is 9.47. The van der Waals surface area contributed by atoms with Gasteiger partial charge < -0.3 is 19.3 Å². The molecule has 1 amide bonds. The monoisotopic (exact) mass is 406 g/mol. The van der Waals surface area contributed by atoms with E-state index in [1.807, 2.05) is 11.0 Å². The van der Waals surface area contributed by atoms with Crippen LogP contribution in [0.1, 0.15) is 48.9 Å². The van der Waals surface area contributed by atoms with Crippen molar-refractivity contribution in [3.8, 4) is 5.75 Å². The molecular weight excluding hydrogens is 376 g/mol. The maximum Gasteiger partial charge on any atom is 0.257 e. The highest BCUT2D eigenvalue weighted by Crippen LogP contribution is 2.29. The van der Waals surface area contributed by atoms with Gasteiger partial charge in [0.1, 0.15) is 11.9 Å². The minimum atomic E-state index is 0.0741. The van der Waals surface area contributed by atoms with Gasteiger partial charge >= 0.3 is 0 Å². The first kappa shape index (κ1) is 20.0. The fraction of sp³-hybridized carbons (Fsp3) is 0.682. The molecule has 4 rings (SSSR count). The predicted molar refractivity (Wildman–Crippen MR) is 110 cm³/mol. The number of halogens is 1. The number of benzene rings is 1. The molecule has 0 radical (unpaired) electrons. The van der Waals surface area contributed by atoms with Crippen LogP contribution in [-0.4, -0.2) is 67.7 Å². The third kappa shape index (κ3) is 5.00. The molecule has 6 heteroatoms. The molecule has 28 heavy (non-hydrogen) atoms. The third-order valence-electron chi connectivity index (χ3n) is 6.19. The summed E-state index contributed by atoms with van der Waals surface area (Å²) >= 11 is 6.22. The fourth-order valence-electron chi connectivity index (χ4n) is 4.52. The van der Waals surface area contributed by atoms with Crippen molar-refractivity contribution < 1.29 is 14.3 Å². The molecule has 0 N–H and O–H groups in total. The molecular formula is C22H31ClN2O3. The zero-order valence-corrected chi connectivity index (χ0v) is 17.3. The lowest BCUT2D eigenvalue weighted by Crippen LogP contribution is -2.41. The summed E-state index contributed by atoms with van der Waals surface area (Å²) in [5.41, 5.74) is 0.650. The number of nitrogens with zero attached hydrogens (tertiary/aromatic N) is 2. The summed E-state index contributed by atoms with van der Waals surface area (Å²) in [4.78, 5) is 17.5. The van der Waals surface area contributed by atoms with E-state index in [0.29, 0.717) is 22.3 Å². The average molecular weight is 407 g/mol. The van der Waals surface area contributed by atoms with Gasteiger partial charge in [0, 0.05) is 44.4 Å².